The number of piperidine rings is 1. The van der Waals surface area contributed by atoms with Crippen LogP contribution in [0.1, 0.15) is 28.8 Å². The molecule has 33 heavy (non-hydrogen) atoms. The fraction of sp³-hybridized carbons (Fsp3) is 0.417. The van der Waals surface area contributed by atoms with E-state index in [0.29, 0.717) is 31.5 Å². The van der Waals surface area contributed by atoms with Gasteiger partial charge in [0.25, 0.3) is 5.91 Å². The van der Waals surface area contributed by atoms with Crippen LogP contribution in [0.5, 0.6) is 0 Å². The van der Waals surface area contributed by atoms with Crippen LogP contribution in [0.25, 0.3) is 0 Å². The Morgan fingerprint density at radius 1 is 0.818 bits per heavy atom. The first-order valence-electron chi connectivity index (χ1n) is 11.3. The summed E-state index contributed by atoms with van der Waals surface area (Å²) in [5, 5.41) is 5.11. The van der Waals surface area contributed by atoms with Gasteiger partial charge in [-0.3, -0.25) is 14.5 Å². The normalized spacial score (nSPS) is 18.3. The predicted octanol–water partition coefficient (Wildman–Crippen LogP) is 1.53. The molecule has 0 aromatic heterocycles. The van der Waals surface area contributed by atoms with E-state index in [1.54, 1.807) is 4.90 Å². The molecule has 2 N–H and O–H groups in total. The molecule has 0 aliphatic carbocycles. The molecule has 2 aromatic rings. The summed E-state index contributed by atoms with van der Waals surface area (Å²) in [4.78, 5) is 31.9. The lowest BCUT2D eigenvalue weighted by Crippen LogP contribution is -2.51. The zero-order valence-electron chi connectivity index (χ0n) is 18.6. The van der Waals surface area contributed by atoms with Crippen molar-refractivity contribution in [2.75, 3.05) is 39.3 Å². The number of amides is 2. The van der Waals surface area contributed by atoms with Gasteiger partial charge in [0.1, 0.15) is 0 Å². The van der Waals surface area contributed by atoms with E-state index < -0.39 is 10.0 Å². The van der Waals surface area contributed by atoms with Gasteiger partial charge in [-0.25, -0.2) is 13.6 Å². The molecule has 0 atom stereocenters. The van der Waals surface area contributed by atoms with Crippen LogP contribution in [0.2, 0.25) is 0 Å². The molecule has 2 saturated heterocycles. The molecule has 2 fully saturated rings. The average molecular weight is 471 g/mol. The number of carbonyl (C=O) groups excluding carboxylic acids is 2. The van der Waals surface area contributed by atoms with Crippen LogP contribution in [0, 0.1) is 5.92 Å². The van der Waals surface area contributed by atoms with Crippen LogP contribution < -0.4 is 5.14 Å². The van der Waals surface area contributed by atoms with Gasteiger partial charge in [-0.1, -0.05) is 30.3 Å². The Balaban J connectivity index is 1.25. The number of sulfonamides is 1. The van der Waals surface area contributed by atoms with Crippen molar-refractivity contribution in [3.8, 4) is 0 Å². The lowest BCUT2D eigenvalue weighted by Gasteiger charge is -2.38. The SMILES string of the molecule is NS(=O)(=O)c1ccc(C(=O)N2CCC(C(=O)N3CCN(Cc4ccccc4)CC3)CC2)cc1. The highest BCUT2D eigenvalue weighted by molar-refractivity contribution is 7.89. The molecule has 2 aliphatic rings. The van der Waals surface area contributed by atoms with Crippen molar-refractivity contribution in [3.63, 3.8) is 0 Å². The maximum atomic E-state index is 13.0. The van der Waals surface area contributed by atoms with Gasteiger partial charge in [-0.2, -0.15) is 0 Å². The van der Waals surface area contributed by atoms with Crippen molar-refractivity contribution in [2.24, 2.45) is 11.1 Å². The van der Waals surface area contributed by atoms with Crippen molar-refractivity contribution in [2.45, 2.75) is 24.3 Å². The first kappa shape index (κ1) is 23.4. The molecule has 0 saturated carbocycles. The van der Waals surface area contributed by atoms with Gasteiger partial charge in [-0.15, -0.1) is 0 Å². The second kappa shape index (κ2) is 10.0. The van der Waals surface area contributed by atoms with Crippen LogP contribution in [0.4, 0.5) is 0 Å². The number of nitrogens with zero attached hydrogens (tertiary/aromatic N) is 3. The average Bonchev–Trinajstić information content (AvgIpc) is 2.84. The summed E-state index contributed by atoms with van der Waals surface area (Å²) in [6, 6.07) is 16.0. The number of primary sulfonamides is 1. The molecule has 2 aromatic carbocycles. The monoisotopic (exact) mass is 470 g/mol. The number of rotatable bonds is 5. The molecule has 0 unspecified atom stereocenters. The minimum atomic E-state index is -3.79. The molecular formula is C24H30N4O4S. The zero-order chi connectivity index (χ0) is 23.4. The standard InChI is InChI=1S/C24H30N4O4S/c25-33(31,32)22-8-6-20(7-9-22)23(29)27-12-10-21(11-13-27)24(30)28-16-14-26(15-17-28)18-19-4-2-1-3-5-19/h1-9,21H,10-18H2,(H2,25,31,32). The third-order valence-electron chi connectivity index (χ3n) is 6.49. The summed E-state index contributed by atoms with van der Waals surface area (Å²) in [5.41, 5.74) is 1.70. The quantitative estimate of drug-likeness (QED) is 0.714. The highest BCUT2D eigenvalue weighted by Crippen LogP contribution is 2.23. The van der Waals surface area contributed by atoms with Crippen LogP contribution in [0.15, 0.2) is 59.5 Å². The Bertz CT molecular complexity index is 1070. The number of benzene rings is 2. The van der Waals surface area contributed by atoms with Crippen LogP contribution in [0.3, 0.4) is 0 Å². The van der Waals surface area contributed by atoms with Gasteiger partial charge in [-0.05, 0) is 42.7 Å². The fourth-order valence-corrected chi connectivity index (χ4v) is 5.04. The maximum Gasteiger partial charge on any atom is 0.253 e. The first-order chi connectivity index (χ1) is 15.8. The van der Waals surface area contributed by atoms with Crippen molar-refractivity contribution in [3.05, 3.63) is 65.7 Å². The van der Waals surface area contributed by atoms with E-state index in [4.69, 9.17) is 5.14 Å². The summed E-state index contributed by atoms with van der Waals surface area (Å²) in [5.74, 6) is -0.0187. The summed E-state index contributed by atoms with van der Waals surface area (Å²) < 4.78 is 22.8. The zero-order valence-corrected chi connectivity index (χ0v) is 19.4. The van der Waals surface area contributed by atoms with Gasteiger partial charge >= 0.3 is 0 Å². The van der Waals surface area contributed by atoms with Crippen LogP contribution in [-0.2, 0) is 21.4 Å². The Kier molecular flexibility index (Phi) is 7.11. The van der Waals surface area contributed by atoms with Gasteiger partial charge in [0.2, 0.25) is 15.9 Å². The van der Waals surface area contributed by atoms with Gasteiger partial charge in [0.15, 0.2) is 0 Å². The third-order valence-corrected chi connectivity index (χ3v) is 7.42. The molecule has 0 radical (unpaired) electrons. The number of piperazine rings is 1. The molecule has 9 heteroatoms. The summed E-state index contributed by atoms with van der Waals surface area (Å²) in [7, 11) is -3.79. The first-order valence-corrected chi connectivity index (χ1v) is 12.8. The van der Waals surface area contributed by atoms with Gasteiger partial charge in [0.05, 0.1) is 4.90 Å². The van der Waals surface area contributed by atoms with Gasteiger partial charge in [0, 0.05) is 57.3 Å². The molecule has 8 nitrogen and oxygen atoms in total. The van der Waals surface area contributed by atoms with E-state index in [0.717, 1.165) is 32.7 Å². The summed E-state index contributed by atoms with van der Waals surface area (Å²) in [6.45, 7) is 5.14. The number of carbonyl (C=O) groups is 2. The molecule has 4 rings (SSSR count). The Morgan fingerprint density at radius 2 is 1.42 bits per heavy atom. The fourth-order valence-electron chi connectivity index (χ4n) is 4.53. The van der Waals surface area contributed by atoms with Crippen molar-refractivity contribution in [1.29, 1.82) is 0 Å². The lowest BCUT2D eigenvalue weighted by atomic mass is 9.94. The van der Waals surface area contributed by atoms with Gasteiger partial charge < -0.3 is 9.80 Å². The summed E-state index contributed by atoms with van der Waals surface area (Å²) in [6.07, 6.45) is 1.29. The van der Waals surface area contributed by atoms with Crippen molar-refractivity contribution < 1.29 is 18.0 Å². The second-order valence-corrected chi connectivity index (χ2v) is 10.3. The smallest absolute Gasteiger partial charge is 0.253 e. The largest absolute Gasteiger partial charge is 0.340 e. The Labute approximate surface area is 195 Å². The topological polar surface area (TPSA) is 104 Å². The van der Waals surface area contributed by atoms with E-state index in [1.165, 1.54) is 29.8 Å². The minimum absolute atomic E-state index is 0.0211. The highest BCUT2D eigenvalue weighted by atomic mass is 32.2. The van der Waals surface area contributed by atoms with E-state index in [9.17, 15) is 18.0 Å². The molecule has 2 aliphatic heterocycles. The maximum absolute atomic E-state index is 13.0. The Morgan fingerprint density at radius 3 is 2.00 bits per heavy atom. The summed E-state index contributed by atoms with van der Waals surface area (Å²) >= 11 is 0. The third kappa shape index (κ3) is 5.79. The molecule has 2 heterocycles. The van der Waals surface area contributed by atoms with E-state index in [1.807, 2.05) is 23.1 Å². The van der Waals surface area contributed by atoms with Crippen molar-refractivity contribution >= 4 is 21.8 Å². The molecule has 0 bridgehead atoms. The second-order valence-electron chi connectivity index (χ2n) is 8.72. The van der Waals surface area contributed by atoms with E-state index >= 15 is 0 Å². The van der Waals surface area contributed by atoms with Crippen LogP contribution in [-0.4, -0.2) is 74.2 Å². The number of nitrogens with two attached hydrogens (primary N) is 1. The number of hydrogen-bond acceptors (Lipinski definition) is 5. The molecule has 2 amide bonds. The highest BCUT2D eigenvalue weighted by Gasteiger charge is 2.32. The predicted molar refractivity (Wildman–Crippen MR) is 125 cm³/mol. The lowest BCUT2D eigenvalue weighted by molar-refractivity contribution is -0.138. The van der Waals surface area contributed by atoms with E-state index in [2.05, 4.69) is 17.0 Å². The van der Waals surface area contributed by atoms with E-state index in [-0.39, 0.29) is 22.6 Å². The number of hydrogen-bond donors (Lipinski definition) is 1. The minimum Gasteiger partial charge on any atom is -0.340 e. The molecular weight excluding hydrogens is 440 g/mol. The van der Waals surface area contributed by atoms with Crippen molar-refractivity contribution in [1.82, 2.24) is 14.7 Å². The van der Waals surface area contributed by atoms with Crippen LogP contribution >= 0.6 is 0 Å². The molecule has 0 spiro atoms. The molecule has 176 valence electrons. The Hall–Kier alpha value is -2.75. The number of likely N-dealkylation sites (tertiary alicyclic amines) is 1.